The molecule has 0 radical (unpaired) electrons. The Hall–Kier alpha value is -3.40. The molecule has 0 aliphatic carbocycles. The van der Waals surface area contributed by atoms with Crippen LogP contribution in [0.4, 0.5) is 5.69 Å². The fourth-order valence-corrected chi connectivity index (χ4v) is 3.02. The normalized spacial score (nSPS) is 11.4. The van der Waals surface area contributed by atoms with Gasteiger partial charge in [0, 0.05) is 25.3 Å². The molecule has 0 aliphatic rings. The van der Waals surface area contributed by atoms with Gasteiger partial charge in [0.15, 0.2) is 3.77 Å². The van der Waals surface area contributed by atoms with Gasteiger partial charge in [-0.25, -0.2) is 5.43 Å². The standard InChI is InChI=1S/C23H21IN4O3/c1-28(2)18-10-8-16(9-11-18)14-20(26-22(29)17-6-4-3-5-7-17)23(30)27-25-15-19-12-13-21(24)31-19/h3-15H,1-2H3,(H,26,29)(H,27,30)/b20-14-,25-15+. The van der Waals surface area contributed by atoms with Gasteiger partial charge in [0.1, 0.15) is 11.5 Å². The first-order chi connectivity index (χ1) is 14.9. The van der Waals surface area contributed by atoms with E-state index in [2.05, 4.69) is 15.8 Å². The van der Waals surface area contributed by atoms with E-state index >= 15 is 0 Å². The van der Waals surface area contributed by atoms with E-state index in [9.17, 15) is 9.59 Å². The number of benzene rings is 2. The molecule has 3 aromatic rings. The summed E-state index contributed by atoms with van der Waals surface area (Å²) in [6.45, 7) is 0. The van der Waals surface area contributed by atoms with E-state index in [4.69, 9.17) is 4.42 Å². The average Bonchev–Trinajstić information content (AvgIpc) is 3.19. The number of furan rings is 1. The number of hydrazone groups is 1. The topological polar surface area (TPSA) is 86.9 Å². The second-order valence-electron chi connectivity index (χ2n) is 6.71. The van der Waals surface area contributed by atoms with Crippen molar-refractivity contribution < 1.29 is 14.0 Å². The fraction of sp³-hybridized carbons (Fsp3) is 0.0870. The Labute approximate surface area is 194 Å². The van der Waals surface area contributed by atoms with E-state index in [1.807, 2.05) is 71.9 Å². The van der Waals surface area contributed by atoms with Crippen LogP contribution >= 0.6 is 22.6 Å². The molecule has 3 rings (SSSR count). The van der Waals surface area contributed by atoms with Crippen LogP contribution in [0.1, 0.15) is 21.7 Å². The minimum absolute atomic E-state index is 0.0673. The van der Waals surface area contributed by atoms with Gasteiger partial charge in [-0.15, -0.1) is 0 Å². The van der Waals surface area contributed by atoms with E-state index < -0.39 is 11.8 Å². The molecule has 0 aliphatic heterocycles. The number of rotatable bonds is 7. The first-order valence-electron chi connectivity index (χ1n) is 9.36. The molecule has 1 heterocycles. The highest BCUT2D eigenvalue weighted by atomic mass is 127. The van der Waals surface area contributed by atoms with Crippen LogP contribution in [0, 0.1) is 3.77 Å². The summed E-state index contributed by atoms with van der Waals surface area (Å²) in [7, 11) is 3.89. The number of carbonyl (C=O) groups excluding carboxylic acids is 2. The number of nitrogens with zero attached hydrogens (tertiary/aromatic N) is 2. The van der Waals surface area contributed by atoms with Crippen LogP contribution in [0.25, 0.3) is 6.08 Å². The SMILES string of the molecule is CN(C)c1ccc(/C=C(\NC(=O)c2ccccc2)C(=O)N/N=C/c2ccc(I)o2)cc1. The molecule has 0 saturated carbocycles. The number of carbonyl (C=O) groups is 2. The van der Waals surface area contributed by atoms with Crippen LogP contribution in [-0.4, -0.2) is 32.1 Å². The van der Waals surface area contributed by atoms with Crippen LogP contribution in [0.2, 0.25) is 0 Å². The van der Waals surface area contributed by atoms with Crippen molar-refractivity contribution in [3.8, 4) is 0 Å². The molecule has 0 atom stereocenters. The highest BCUT2D eigenvalue weighted by Crippen LogP contribution is 2.15. The maximum atomic E-state index is 12.7. The fourth-order valence-electron chi connectivity index (χ4n) is 2.59. The van der Waals surface area contributed by atoms with E-state index in [0.717, 1.165) is 11.3 Å². The molecule has 0 saturated heterocycles. The minimum atomic E-state index is -0.557. The lowest BCUT2D eigenvalue weighted by atomic mass is 10.1. The predicted octanol–water partition coefficient (Wildman–Crippen LogP) is 3.87. The monoisotopic (exact) mass is 528 g/mol. The van der Waals surface area contributed by atoms with E-state index in [1.54, 1.807) is 42.5 Å². The lowest BCUT2D eigenvalue weighted by Crippen LogP contribution is -2.32. The molecule has 2 N–H and O–H groups in total. The van der Waals surface area contributed by atoms with Crippen molar-refractivity contribution in [2.45, 2.75) is 0 Å². The lowest BCUT2D eigenvalue weighted by Gasteiger charge is -2.12. The van der Waals surface area contributed by atoms with E-state index in [-0.39, 0.29) is 5.70 Å². The van der Waals surface area contributed by atoms with E-state index in [1.165, 1.54) is 6.21 Å². The highest BCUT2D eigenvalue weighted by Gasteiger charge is 2.14. The van der Waals surface area contributed by atoms with Crippen LogP contribution < -0.4 is 15.6 Å². The maximum absolute atomic E-state index is 12.7. The number of hydrogen-bond acceptors (Lipinski definition) is 5. The van der Waals surface area contributed by atoms with Gasteiger partial charge in [0.05, 0.1) is 6.21 Å². The summed E-state index contributed by atoms with van der Waals surface area (Å²) in [5.74, 6) is -0.447. The highest BCUT2D eigenvalue weighted by molar-refractivity contribution is 14.1. The molecule has 0 unspecified atom stereocenters. The Balaban J connectivity index is 1.81. The van der Waals surface area contributed by atoms with Gasteiger partial charge in [-0.1, -0.05) is 30.3 Å². The van der Waals surface area contributed by atoms with Gasteiger partial charge in [-0.2, -0.15) is 5.10 Å². The van der Waals surface area contributed by atoms with Gasteiger partial charge in [0.2, 0.25) is 0 Å². The van der Waals surface area contributed by atoms with Crippen molar-refractivity contribution in [1.29, 1.82) is 0 Å². The Morgan fingerprint density at radius 3 is 2.32 bits per heavy atom. The third-order valence-corrected chi connectivity index (χ3v) is 4.78. The minimum Gasteiger partial charge on any atom is -0.449 e. The zero-order chi connectivity index (χ0) is 22.2. The van der Waals surface area contributed by atoms with Crippen molar-refractivity contribution in [1.82, 2.24) is 10.7 Å². The van der Waals surface area contributed by atoms with Crippen LogP contribution in [0.15, 0.2) is 81.9 Å². The third-order valence-electron chi connectivity index (χ3n) is 4.20. The molecule has 31 heavy (non-hydrogen) atoms. The zero-order valence-electron chi connectivity index (χ0n) is 17.0. The van der Waals surface area contributed by atoms with Crippen molar-refractivity contribution >= 4 is 52.4 Å². The van der Waals surface area contributed by atoms with Crippen LogP contribution in [0.5, 0.6) is 0 Å². The van der Waals surface area contributed by atoms with Crippen molar-refractivity contribution in [2.24, 2.45) is 5.10 Å². The first-order valence-corrected chi connectivity index (χ1v) is 10.4. The number of hydrogen-bond donors (Lipinski definition) is 2. The summed E-state index contributed by atoms with van der Waals surface area (Å²) in [6.07, 6.45) is 2.99. The van der Waals surface area contributed by atoms with Gasteiger partial charge in [-0.05, 0) is 70.6 Å². The summed E-state index contributed by atoms with van der Waals surface area (Å²) in [4.78, 5) is 27.3. The second kappa shape index (κ2) is 10.6. The molecule has 8 heteroatoms. The number of amides is 2. The number of anilines is 1. The van der Waals surface area contributed by atoms with Gasteiger partial charge in [-0.3, -0.25) is 9.59 Å². The van der Waals surface area contributed by atoms with Crippen molar-refractivity contribution in [3.05, 3.63) is 93.1 Å². The molecule has 2 aromatic carbocycles. The van der Waals surface area contributed by atoms with E-state index in [0.29, 0.717) is 15.1 Å². The molecule has 7 nitrogen and oxygen atoms in total. The smallest absolute Gasteiger partial charge is 0.287 e. The predicted molar refractivity (Wildman–Crippen MR) is 130 cm³/mol. The molecule has 2 amide bonds. The molecule has 0 bridgehead atoms. The van der Waals surface area contributed by atoms with Gasteiger partial charge in [0.25, 0.3) is 11.8 Å². The molecule has 1 aromatic heterocycles. The molecular weight excluding hydrogens is 507 g/mol. The lowest BCUT2D eigenvalue weighted by molar-refractivity contribution is -0.117. The molecule has 0 fully saturated rings. The Morgan fingerprint density at radius 1 is 1.00 bits per heavy atom. The molecule has 0 spiro atoms. The Morgan fingerprint density at radius 2 is 1.71 bits per heavy atom. The summed E-state index contributed by atoms with van der Waals surface area (Å²) in [5.41, 5.74) is 4.71. The molecule has 158 valence electrons. The maximum Gasteiger partial charge on any atom is 0.287 e. The van der Waals surface area contributed by atoms with Gasteiger partial charge >= 0.3 is 0 Å². The van der Waals surface area contributed by atoms with Crippen molar-refractivity contribution in [3.63, 3.8) is 0 Å². The third kappa shape index (κ3) is 6.54. The van der Waals surface area contributed by atoms with Crippen LogP contribution in [0.3, 0.4) is 0 Å². The summed E-state index contributed by atoms with van der Waals surface area (Å²) in [5, 5.41) is 6.59. The number of nitrogens with one attached hydrogen (secondary N) is 2. The summed E-state index contributed by atoms with van der Waals surface area (Å²) >= 11 is 2.04. The summed E-state index contributed by atoms with van der Waals surface area (Å²) < 4.78 is 6.08. The largest absolute Gasteiger partial charge is 0.449 e. The zero-order valence-corrected chi connectivity index (χ0v) is 19.2. The molecular formula is C23H21IN4O3. The summed E-state index contributed by atoms with van der Waals surface area (Å²) in [6, 6.07) is 19.8. The first kappa shape index (κ1) is 22.3. The van der Waals surface area contributed by atoms with Crippen molar-refractivity contribution in [2.75, 3.05) is 19.0 Å². The Bertz CT molecular complexity index is 1100. The second-order valence-corrected chi connectivity index (χ2v) is 7.77. The van der Waals surface area contributed by atoms with Gasteiger partial charge < -0.3 is 14.6 Å². The Kier molecular flexibility index (Phi) is 7.60. The quantitative estimate of drug-likeness (QED) is 0.211. The van der Waals surface area contributed by atoms with Crippen LogP contribution in [-0.2, 0) is 4.79 Å². The average molecular weight is 528 g/mol. The number of halogens is 1.